The van der Waals surface area contributed by atoms with Crippen LogP contribution in [0, 0.1) is 5.92 Å². The van der Waals surface area contributed by atoms with Gasteiger partial charge >= 0.3 is 0 Å². The summed E-state index contributed by atoms with van der Waals surface area (Å²) in [6, 6.07) is 5.52. The van der Waals surface area contributed by atoms with Crippen molar-refractivity contribution < 1.29 is 19.0 Å². The Hall–Kier alpha value is -1.71. The van der Waals surface area contributed by atoms with Crippen LogP contribution in [0.5, 0.6) is 17.2 Å². The summed E-state index contributed by atoms with van der Waals surface area (Å²) in [6.07, 6.45) is 3.50. The summed E-state index contributed by atoms with van der Waals surface area (Å²) >= 11 is 0. The van der Waals surface area contributed by atoms with Gasteiger partial charge in [0.2, 0.25) is 5.75 Å². The number of para-hydroxylation sites is 1. The average molecular weight is 264 g/mol. The van der Waals surface area contributed by atoms with E-state index in [0.717, 1.165) is 25.7 Å². The highest BCUT2D eigenvalue weighted by atomic mass is 16.5. The predicted molar refractivity (Wildman–Crippen MR) is 72.0 cm³/mol. The maximum absolute atomic E-state index is 11.6. The maximum Gasteiger partial charge on any atom is 0.203 e. The first kappa shape index (κ1) is 13.7. The van der Waals surface area contributed by atoms with E-state index in [-0.39, 0.29) is 5.92 Å². The molecule has 104 valence electrons. The molecule has 1 aromatic carbocycles. The van der Waals surface area contributed by atoms with Crippen molar-refractivity contribution in [3.8, 4) is 17.2 Å². The molecule has 1 atom stereocenters. The molecule has 0 aromatic heterocycles. The summed E-state index contributed by atoms with van der Waals surface area (Å²) in [5.74, 6) is 2.45. The SMILES string of the molecule is COc1cccc(OC)c1OCCC1CCCC1=O. The van der Waals surface area contributed by atoms with Crippen LogP contribution < -0.4 is 14.2 Å². The van der Waals surface area contributed by atoms with E-state index >= 15 is 0 Å². The van der Waals surface area contributed by atoms with Crippen molar-refractivity contribution in [3.63, 3.8) is 0 Å². The molecule has 1 aliphatic rings. The number of carbonyl (C=O) groups is 1. The van der Waals surface area contributed by atoms with Crippen molar-refractivity contribution in [3.05, 3.63) is 18.2 Å². The molecule has 4 nitrogen and oxygen atoms in total. The highest BCUT2D eigenvalue weighted by Crippen LogP contribution is 2.37. The Morgan fingerprint density at radius 3 is 2.42 bits per heavy atom. The van der Waals surface area contributed by atoms with Crippen LogP contribution in [0.3, 0.4) is 0 Å². The Labute approximate surface area is 113 Å². The topological polar surface area (TPSA) is 44.8 Å². The number of hydrogen-bond acceptors (Lipinski definition) is 4. The van der Waals surface area contributed by atoms with Crippen LogP contribution in [0.25, 0.3) is 0 Å². The first-order valence-corrected chi connectivity index (χ1v) is 6.62. The fraction of sp³-hybridized carbons (Fsp3) is 0.533. The molecule has 0 bridgehead atoms. The molecular formula is C15H20O4. The van der Waals surface area contributed by atoms with Crippen LogP contribution in [0.15, 0.2) is 18.2 Å². The van der Waals surface area contributed by atoms with Crippen molar-refractivity contribution in [2.45, 2.75) is 25.7 Å². The molecule has 1 aliphatic carbocycles. The smallest absolute Gasteiger partial charge is 0.203 e. The van der Waals surface area contributed by atoms with Crippen LogP contribution in [-0.4, -0.2) is 26.6 Å². The highest BCUT2D eigenvalue weighted by molar-refractivity contribution is 5.82. The Balaban J connectivity index is 1.96. The predicted octanol–water partition coefficient (Wildman–Crippen LogP) is 2.84. The monoisotopic (exact) mass is 264 g/mol. The minimum atomic E-state index is 0.167. The zero-order valence-corrected chi connectivity index (χ0v) is 11.5. The van der Waals surface area contributed by atoms with Crippen LogP contribution in [0.2, 0.25) is 0 Å². The Kier molecular flexibility index (Phi) is 4.66. The summed E-state index contributed by atoms with van der Waals surface area (Å²) < 4.78 is 16.3. The van der Waals surface area contributed by atoms with E-state index < -0.39 is 0 Å². The van der Waals surface area contributed by atoms with E-state index in [2.05, 4.69) is 0 Å². The molecular weight excluding hydrogens is 244 g/mol. The second-order valence-electron chi connectivity index (χ2n) is 4.68. The molecule has 0 radical (unpaired) electrons. The number of rotatable bonds is 6. The molecule has 0 spiro atoms. The van der Waals surface area contributed by atoms with Gasteiger partial charge in [-0.25, -0.2) is 0 Å². The maximum atomic E-state index is 11.6. The number of ketones is 1. The van der Waals surface area contributed by atoms with Crippen LogP contribution in [-0.2, 0) is 4.79 Å². The second-order valence-corrected chi connectivity index (χ2v) is 4.68. The first-order chi connectivity index (χ1) is 9.26. The zero-order chi connectivity index (χ0) is 13.7. The number of Topliss-reactive ketones (excluding diaryl/α,β-unsaturated/α-hetero) is 1. The molecule has 0 heterocycles. The van der Waals surface area contributed by atoms with E-state index in [1.165, 1.54) is 0 Å². The van der Waals surface area contributed by atoms with Crippen molar-refractivity contribution >= 4 is 5.78 Å². The van der Waals surface area contributed by atoms with E-state index in [4.69, 9.17) is 14.2 Å². The van der Waals surface area contributed by atoms with Crippen LogP contribution >= 0.6 is 0 Å². The molecule has 1 saturated carbocycles. The number of hydrogen-bond donors (Lipinski definition) is 0. The van der Waals surface area contributed by atoms with Crippen molar-refractivity contribution in [2.75, 3.05) is 20.8 Å². The van der Waals surface area contributed by atoms with Gasteiger partial charge in [-0.05, 0) is 31.4 Å². The summed E-state index contributed by atoms with van der Waals surface area (Å²) in [5, 5.41) is 0. The van der Waals surface area contributed by atoms with E-state index in [1.54, 1.807) is 14.2 Å². The highest BCUT2D eigenvalue weighted by Gasteiger charge is 2.24. The quantitative estimate of drug-likeness (QED) is 0.792. The summed E-state index contributed by atoms with van der Waals surface area (Å²) in [5.41, 5.74) is 0. The van der Waals surface area contributed by atoms with Crippen molar-refractivity contribution in [1.29, 1.82) is 0 Å². The van der Waals surface area contributed by atoms with Gasteiger partial charge in [-0.3, -0.25) is 4.79 Å². The minimum absolute atomic E-state index is 0.167. The molecule has 0 amide bonds. The van der Waals surface area contributed by atoms with Gasteiger partial charge in [0.05, 0.1) is 20.8 Å². The lowest BCUT2D eigenvalue weighted by Gasteiger charge is -2.15. The molecule has 0 aliphatic heterocycles. The Bertz CT molecular complexity index is 420. The van der Waals surface area contributed by atoms with Gasteiger partial charge in [-0.2, -0.15) is 0 Å². The van der Waals surface area contributed by atoms with Crippen LogP contribution in [0.1, 0.15) is 25.7 Å². The number of carbonyl (C=O) groups excluding carboxylic acids is 1. The van der Waals surface area contributed by atoms with E-state index in [1.807, 2.05) is 18.2 Å². The molecule has 4 heteroatoms. The van der Waals surface area contributed by atoms with E-state index in [9.17, 15) is 4.79 Å². The Morgan fingerprint density at radius 1 is 1.21 bits per heavy atom. The lowest BCUT2D eigenvalue weighted by molar-refractivity contribution is -0.121. The molecule has 0 N–H and O–H groups in total. The molecule has 1 unspecified atom stereocenters. The largest absolute Gasteiger partial charge is 0.493 e. The van der Waals surface area contributed by atoms with Gasteiger partial charge in [-0.1, -0.05) is 6.07 Å². The molecule has 1 fully saturated rings. The number of ether oxygens (including phenoxy) is 3. The third-order valence-electron chi connectivity index (χ3n) is 3.53. The van der Waals surface area contributed by atoms with Gasteiger partial charge in [0.1, 0.15) is 5.78 Å². The third-order valence-corrected chi connectivity index (χ3v) is 3.53. The van der Waals surface area contributed by atoms with Gasteiger partial charge in [0.15, 0.2) is 11.5 Å². The number of benzene rings is 1. The normalized spacial score (nSPS) is 18.4. The first-order valence-electron chi connectivity index (χ1n) is 6.62. The molecule has 1 aromatic rings. The van der Waals surface area contributed by atoms with Gasteiger partial charge in [0, 0.05) is 12.3 Å². The molecule has 2 rings (SSSR count). The minimum Gasteiger partial charge on any atom is -0.493 e. The fourth-order valence-corrected chi connectivity index (χ4v) is 2.46. The molecule has 19 heavy (non-hydrogen) atoms. The van der Waals surface area contributed by atoms with Gasteiger partial charge in [0.25, 0.3) is 0 Å². The lowest BCUT2D eigenvalue weighted by Crippen LogP contribution is -2.11. The summed E-state index contributed by atoms with van der Waals surface area (Å²) in [4.78, 5) is 11.6. The van der Waals surface area contributed by atoms with Gasteiger partial charge < -0.3 is 14.2 Å². The summed E-state index contributed by atoms with van der Waals surface area (Å²) in [6.45, 7) is 0.507. The van der Waals surface area contributed by atoms with E-state index in [0.29, 0.717) is 29.6 Å². The fourth-order valence-electron chi connectivity index (χ4n) is 2.46. The van der Waals surface area contributed by atoms with Crippen molar-refractivity contribution in [2.24, 2.45) is 5.92 Å². The third kappa shape index (κ3) is 3.19. The molecule has 0 saturated heterocycles. The second kappa shape index (κ2) is 6.45. The average Bonchev–Trinajstić information content (AvgIpc) is 2.84. The van der Waals surface area contributed by atoms with Crippen molar-refractivity contribution in [1.82, 2.24) is 0 Å². The lowest BCUT2D eigenvalue weighted by atomic mass is 10.0. The summed E-state index contributed by atoms with van der Waals surface area (Å²) in [7, 11) is 3.20. The standard InChI is InChI=1S/C15H20O4/c1-17-13-7-4-8-14(18-2)15(13)19-10-9-11-5-3-6-12(11)16/h4,7-8,11H,3,5-6,9-10H2,1-2H3. The van der Waals surface area contributed by atoms with Gasteiger partial charge in [-0.15, -0.1) is 0 Å². The van der Waals surface area contributed by atoms with Crippen LogP contribution in [0.4, 0.5) is 0 Å². The number of methoxy groups -OCH3 is 2. The zero-order valence-electron chi connectivity index (χ0n) is 11.5. The Morgan fingerprint density at radius 2 is 1.89 bits per heavy atom.